The van der Waals surface area contributed by atoms with E-state index in [0.717, 1.165) is 44.2 Å². The first-order chi connectivity index (χ1) is 9.61. The Kier molecular flexibility index (Phi) is 5.70. The van der Waals surface area contributed by atoms with Gasteiger partial charge in [0.1, 0.15) is 0 Å². The van der Waals surface area contributed by atoms with Gasteiger partial charge in [-0.2, -0.15) is 0 Å². The van der Waals surface area contributed by atoms with Crippen LogP contribution < -0.4 is 10.2 Å². The van der Waals surface area contributed by atoms with Crippen molar-refractivity contribution in [3.63, 3.8) is 0 Å². The molecule has 2 rings (SSSR count). The molecule has 1 heterocycles. The summed E-state index contributed by atoms with van der Waals surface area (Å²) in [6, 6.07) is 6.82. The zero-order valence-electron chi connectivity index (χ0n) is 12.8. The van der Waals surface area contributed by atoms with Crippen LogP contribution in [0.4, 0.5) is 5.69 Å². The van der Waals surface area contributed by atoms with E-state index >= 15 is 0 Å². The molecule has 0 amide bonds. The molecule has 1 saturated heterocycles. The molecule has 1 aromatic rings. The fourth-order valence-corrected chi connectivity index (χ4v) is 3.07. The minimum Gasteiger partial charge on any atom is -0.366 e. The second kappa shape index (κ2) is 7.30. The van der Waals surface area contributed by atoms with Crippen LogP contribution in [0.1, 0.15) is 25.8 Å². The average Bonchev–Trinajstić information content (AvgIpc) is 2.40. The van der Waals surface area contributed by atoms with E-state index in [1.165, 1.54) is 11.3 Å². The average molecular weight is 296 g/mol. The molecule has 0 bridgehead atoms. The van der Waals surface area contributed by atoms with Crippen LogP contribution in [0, 0.1) is 0 Å². The summed E-state index contributed by atoms with van der Waals surface area (Å²) < 4.78 is 0. The Morgan fingerprint density at radius 1 is 1.35 bits per heavy atom. The Hall–Kier alpha value is -0.770. The number of halogens is 1. The summed E-state index contributed by atoms with van der Waals surface area (Å²) in [6.07, 6.45) is 1.15. The van der Waals surface area contributed by atoms with Crippen molar-refractivity contribution in [3.05, 3.63) is 28.8 Å². The highest BCUT2D eigenvalue weighted by molar-refractivity contribution is 6.30. The molecule has 0 spiro atoms. The second-order valence-electron chi connectivity index (χ2n) is 5.75. The van der Waals surface area contributed by atoms with Gasteiger partial charge in [0.05, 0.1) is 0 Å². The van der Waals surface area contributed by atoms with Crippen molar-refractivity contribution in [1.82, 2.24) is 10.2 Å². The number of piperazine rings is 1. The zero-order valence-corrected chi connectivity index (χ0v) is 13.6. The monoisotopic (exact) mass is 295 g/mol. The van der Waals surface area contributed by atoms with E-state index in [0.29, 0.717) is 6.04 Å². The zero-order chi connectivity index (χ0) is 14.5. The Bertz CT molecular complexity index is 436. The van der Waals surface area contributed by atoms with Crippen LogP contribution in [0.25, 0.3) is 0 Å². The molecule has 4 heteroatoms. The van der Waals surface area contributed by atoms with Crippen LogP contribution in [0.2, 0.25) is 5.02 Å². The summed E-state index contributed by atoms with van der Waals surface area (Å²) >= 11 is 6.17. The quantitative estimate of drug-likeness (QED) is 0.843. The summed E-state index contributed by atoms with van der Waals surface area (Å²) in [5.41, 5.74) is 2.64. The van der Waals surface area contributed by atoms with Gasteiger partial charge in [0.15, 0.2) is 0 Å². The predicted octanol–water partition coefficient (Wildman–Crippen LogP) is 2.98. The molecule has 0 radical (unpaired) electrons. The van der Waals surface area contributed by atoms with Crippen LogP contribution in [-0.4, -0.2) is 44.2 Å². The SMILES string of the molecule is CCCNCc1cc(Cl)ccc1N1CCN(C)CC1C. The van der Waals surface area contributed by atoms with E-state index in [1.54, 1.807) is 0 Å². The van der Waals surface area contributed by atoms with Gasteiger partial charge in [-0.05, 0) is 50.7 Å². The van der Waals surface area contributed by atoms with Gasteiger partial charge in [0, 0.05) is 42.9 Å². The van der Waals surface area contributed by atoms with Crippen molar-refractivity contribution >= 4 is 17.3 Å². The van der Waals surface area contributed by atoms with Gasteiger partial charge in [0.2, 0.25) is 0 Å². The summed E-state index contributed by atoms with van der Waals surface area (Å²) in [5.74, 6) is 0. The molecule has 0 aliphatic carbocycles. The van der Waals surface area contributed by atoms with Gasteiger partial charge in [-0.1, -0.05) is 18.5 Å². The molecule has 1 aliphatic rings. The normalized spacial score (nSPS) is 20.4. The van der Waals surface area contributed by atoms with Crippen molar-refractivity contribution in [2.24, 2.45) is 0 Å². The van der Waals surface area contributed by atoms with Crippen molar-refractivity contribution < 1.29 is 0 Å². The third kappa shape index (κ3) is 3.87. The highest BCUT2D eigenvalue weighted by Gasteiger charge is 2.23. The third-order valence-electron chi connectivity index (χ3n) is 3.92. The van der Waals surface area contributed by atoms with Crippen LogP contribution in [0.15, 0.2) is 18.2 Å². The maximum Gasteiger partial charge on any atom is 0.0416 e. The van der Waals surface area contributed by atoms with Crippen LogP contribution in [0.5, 0.6) is 0 Å². The fraction of sp³-hybridized carbons (Fsp3) is 0.625. The van der Waals surface area contributed by atoms with Gasteiger partial charge in [-0.25, -0.2) is 0 Å². The first-order valence-corrected chi connectivity index (χ1v) is 7.94. The minimum atomic E-state index is 0.542. The lowest BCUT2D eigenvalue weighted by molar-refractivity contribution is 0.275. The smallest absolute Gasteiger partial charge is 0.0416 e. The molecule has 1 aromatic carbocycles. The van der Waals surface area contributed by atoms with E-state index < -0.39 is 0 Å². The van der Waals surface area contributed by atoms with E-state index in [1.807, 2.05) is 6.07 Å². The van der Waals surface area contributed by atoms with Gasteiger partial charge in [-0.15, -0.1) is 0 Å². The number of hydrogen-bond donors (Lipinski definition) is 1. The standard InChI is InChI=1S/C16H26ClN3/c1-4-7-18-11-14-10-15(17)5-6-16(14)20-9-8-19(3)12-13(20)2/h5-6,10,13,18H,4,7-9,11-12H2,1-3H3. The van der Waals surface area contributed by atoms with Crippen molar-refractivity contribution in [2.75, 3.05) is 38.1 Å². The Morgan fingerprint density at radius 3 is 2.85 bits per heavy atom. The molecule has 3 nitrogen and oxygen atoms in total. The molecule has 1 fully saturated rings. The lowest BCUT2D eigenvalue weighted by Crippen LogP contribution is -2.50. The maximum absolute atomic E-state index is 6.17. The summed E-state index contributed by atoms with van der Waals surface area (Å²) in [6.45, 7) is 9.74. The van der Waals surface area contributed by atoms with Crippen molar-refractivity contribution in [1.29, 1.82) is 0 Å². The largest absolute Gasteiger partial charge is 0.366 e. The molecule has 0 aromatic heterocycles. The fourth-order valence-electron chi connectivity index (χ4n) is 2.87. The van der Waals surface area contributed by atoms with Crippen LogP contribution in [0.3, 0.4) is 0 Å². The highest BCUT2D eigenvalue weighted by Crippen LogP contribution is 2.27. The number of benzene rings is 1. The molecular formula is C16H26ClN3. The molecule has 1 N–H and O–H groups in total. The molecule has 20 heavy (non-hydrogen) atoms. The summed E-state index contributed by atoms with van der Waals surface area (Å²) in [4.78, 5) is 4.91. The van der Waals surface area contributed by atoms with Crippen molar-refractivity contribution in [3.8, 4) is 0 Å². The summed E-state index contributed by atoms with van der Waals surface area (Å²) in [5, 5.41) is 4.31. The lowest BCUT2D eigenvalue weighted by Gasteiger charge is -2.40. The van der Waals surface area contributed by atoms with Crippen LogP contribution in [-0.2, 0) is 6.54 Å². The third-order valence-corrected chi connectivity index (χ3v) is 4.16. The number of nitrogens with zero attached hydrogens (tertiary/aromatic N) is 2. The lowest BCUT2D eigenvalue weighted by atomic mass is 10.1. The first kappa shape index (κ1) is 15.6. The molecule has 1 aliphatic heterocycles. The second-order valence-corrected chi connectivity index (χ2v) is 6.19. The topological polar surface area (TPSA) is 18.5 Å². The predicted molar refractivity (Wildman–Crippen MR) is 87.8 cm³/mol. The van der Waals surface area contributed by atoms with E-state index in [-0.39, 0.29) is 0 Å². The first-order valence-electron chi connectivity index (χ1n) is 7.56. The molecular weight excluding hydrogens is 270 g/mol. The Balaban J connectivity index is 2.17. The van der Waals surface area contributed by atoms with E-state index in [2.05, 4.69) is 48.1 Å². The van der Waals surface area contributed by atoms with Gasteiger partial charge in [0.25, 0.3) is 0 Å². The number of hydrogen-bond acceptors (Lipinski definition) is 3. The molecule has 0 saturated carbocycles. The Morgan fingerprint density at radius 2 is 2.15 bits per heavy atom. The number of nitrogens with one attached hydrogen (secondary N) is 1. The molecule has 112 valence electrons. The maximum atomic E-state index is 6.17. The van der Waals surface area contributed by atoms with Gasteiger partial charge >= 0.3 is 0 Å². The molecule has 1 atom stereocenters. The number of rotatable bonds is 5. The summed E-state index contributed by atoms with van der Waals surface area (Å²) in [7, 11) is 2.19. The van der Waals surface area contributed by atoms with E-state index in [9.17, 15) is 0 Å². The number of anilines is 1. The highest BCUT2D eigenvalue weighted by atomic mass is 35.5. The van der Waals surface area contributed by atoms with Gasteiger partial charge < -0.3 is 15.1 Å². The molecule has 1 unspecified atom stereocenters. The van der Waals surface area contributed by atoms with Crippen LogP contribution >= 0.6 is 11.6 Å². The van der Waals surface area contributed by atoms with Crippen molar-refractivity contribution in [2.45, 2.75) is 32.9 Å². The minimum absolute atomic E-state index is 0.542. The number of likely N-dealkylation sites (N-methyl/N-ethyl adjacent to an activating group) is 1. The van der Waals surface area contributed by atoms with Gasteiger partial charge in [-0.3, -0.25) is 0 Å². The van der Waals surface area contributed by atoms with E-state index in [4.69, 9.17) is 11.6 Å². The Labute approximate surface area is 127 Å².